The second kappa shape index (κ2) is 5.65. The van der Waals surface area contributed by atoms with Crippen LogP contribution in [0.25, 0.3) is 0 Å². The summed E-state index contributed by atoms with van der Waals surface area (Å²) in [6.07, 6.45) is 1.72. The van der Waals surface area contributed by atoms with Crippen LogP contribution in [0.3, 0.4) is 0 Å². The quantitative estimate of drug-likeness (QED) is 0.876. The molecular weight excluding hydrogens is 232 g/mol. The fourth-order valence-electron chi connectivity index (χ4n) is 1.81. The van der Waals surface area contributed by atoms with Crippen molar-refractivity contribution in [2.45, 2.75) is 32.2 Å². The van der Waals surface area contributed by atoms with Crippen molar-refractivity contribution < 1.29 is 14.2 Å². The fraction of sp³-hybridized carbons (Fsp3) is 0.615. The SMILES string of the molecule is COc1ncccc1CNC1COC(C)(C)OC1. The molecule has 0 atom stereocenters. The molecule has 0 aliphatic carbocycles. The molecule has 1 aliphatic rings. The molecule has 0 bridgehead atoms. The maximum absolute atomic E-state index is 5.59. The molecule has 2 heterocycles. The third kappa shape index (κ3) is 3.41. The third-order valence-electron chi connectivity index (χ3n) is 2.89. The first-order valence-electron chi connectivity index (χ1n) is 6.10. The number of nitrogens with one attached hydrogen (secondary N) is 1. The predicted octanol–water partition coefficient (Wildman–Crippen LogP) is 1.33. The Labute approximate surface area is 107 Å². The highest BCUT2D eigenvalue weighted by molar-refractivity contribution is 5.25. The molecule has 0 spiro atoms. The van der Waals surface area contributed by atoms with Crippen LogP contribution in [-0.2, 0) is 16.0 Å². The third-order valence-corrected chi connectivity index (χ3v) is 2.89. The molecule has 0 aromatic carbocycles. The molecule has 1 fully saturated rings. The molecule has 5 heteroatoms. The van der Waals surface area contributed by atoms with E-state index in [-0.39, 0.29) is 6.04 Å². The number of hydrogen-bond donors (Lipinski definition) is 1. The molecule has 0 unspecified atom stereocenters. The second-order valence-electron chi connectivity index (χ2n) is 4.77. The van der Waals surface area contributed by atoms with E-state index in [1.165, 1.54) is 0 Å². The van der Waals surface area contributed by atoms with Crippen LogP contribution in [0.1, 0.15) is 19.4 Å². The van der Waals surface area contributed by atoms with Crippen molar-refractivity contribution in [3.8, 4) is 5.88 Å². The molecule has 0 saturated carbocycles. The van der Waals surface area contributed by atoms with Gasteiger partial charge in [0.25, 0.3) is 0 Å². The Hall–Kier alpha value is -1.17. The fourth-order valence-corrected chi connectivity index (χ4v) is 1.81. The monoisotopic (exact) mass is 252 g/mol. The number of ether oxygens (including phenoxy) is 3. The van der Waals surface area contributed by atoms with E-state index in [1.54, 1.807) is 13.3 Å². The van der Waals surface area contributed by atoms with Gasteiger partial charge in [0.15, 0.2) is 5.79 Å². The Balaban J connectivity index is 1.85. The Morgan fingerprint density at radius 3 is 2.83 bits per heavy atom. The average molecular weight is 252 g/mol. The van der Waals surface area contributed by atoms with Crippen molar-refractivity contribution >= 4 is 0 Å². The number of hydrogen-bond acceptors (Lipinski definition) is 5. The lowest BCUT2D eigenvalue weighted by molar-refractivity contribution is -0.253. The Morgan fingerprint density at radius 1 is 1.44 bits per heavy atom. The molecule has 1 saturated heterocycles. The first-order valence-corrected chi connectivity index (χ1v) is 6.10. The smallest absolute Gasteiger partial charge is 0.217 e. The van der Waals surface area contributed by atoms with E-state index >= 15 is 0 Å². The van der Waals surface area contributed by atoms with Gasteiger partial charge in [-0.25, -0.2) is 4.98 Å². The van der Waals surface area contributed by atoms with Gasteiger partial charge in [-0.2, -0.15) is 0 Å². The van der Waals surface area contributed by atoms with Gasteiger partial charge in [-0.05, 0) is 19.9 Å². The minimum Gasteiger partial charge on any atom is -0.481 e. The van der Waals surface area contributed by atoms with E-state index in [1.807, 2.05) is 26.0 Å². The van der Waals surface area contributed by atoms with Crippen LogP contribution < -0.4 is 10.1 Å². The van der Waals surface area contributed by atoms with E-state index in [0.29, 0.717) is 25.6 Å². The Bertz CT molecular complexity index is 386. The van der Waals surface area contributed by atoms with Gasteiger partial charge in [0.2, 0.25) is 5.88 Å². The molecular formula is C13H20N2O3. The summed E-state index contributed by atoms with van der Waals surface area (Å²) in [5.41, 5.74) is 1.03. The highest BCUT2D eigenvalue weighted by Gasteiger charge is 2.27. The second-order valence-corrected chi connectivity index (χ2v) is 4.77. The number of pyridine rings is 1. The largest absolute Gasteiger partial charge is 0.481 e. The summed E-state index contributed by atoms with van der Waals surface area (Å²) in [6.45, 7) is 5.83. The molecule has 1 aromatic heterocycles. The highest BCUT2D eigenvalue weighted by atomic mass is 16.7. The molecule has 0 radical (unpaired) electrons. The van der Waals surface area contributed by atoms with Gasteiger partial charge in [0, 0.05) is 18.3 Å². The van der Waals surface area contributed by atoms with E-state index in [0.717, 1.165) is 5.56 Å². The average Bonchev–Trinajstić information content (AvgIpc) is 2.38. The zero-order valence-electron chi connectivity index (χ0n) is 11.1. The zero-order valence-corrected chi connectivity index (χ0v) is 11.1. The van der Waals surface area contributed by atoms with Crippen LogP contribution in [0.4, 0.5) is 0 Å². The van der Waals surface area contributed by atoms with Crippen LogP contribution in [0.5, 0.6) is 5.88 Å². The Kier molecular flexibility index (Phi) is 4.16. The summed E-state index contributed by atoms with van der Waals surface area (Å²) >= 11 is 0. The van der Waals surface area contributed by atoms with Gasteiger partial charge >= 0.3 is 0 Å². The molecule has 1 aromatic rings. The number of methoxy groups -OCH3 is 1. The summed E-state index contributed by atoms with van der Waals surface area (Å²) < 4.78 is 16.4. The van der Waals surface area contributed by atoms with Gasteiger partial charge in [0.05, 0.1) is 26.4 Å². The maximum atomic E-state index is 5.59. The minimum absolute atomic E-state index is 0.197. The lowest BCUT2D eigenvalue weighted by Crippen LogP contribution is -2.48. The normalized spacial score (nSPS) is 19.7. The van der Waals surface area contributed by atoms with Crippen LogP contribution in [0.15, 0.2) is 18.3 Å². The van der Waals surface area contributed by atoms with Crippen LogP contribution >= 0.6 is 0 Å². The van der Waals surface area contributed by atoms with Gasteiger partial charge < -0.3 is 19.5 Å². The van der Waals surface area contributed by atoms with Crippen LogP contribution in [-0.4, -0.2) is 37.1 Å². The van der Waals surface area contributed by atoms with Crippen molar-refractivity contribution in [1.29, 1.82) is 0 Å². The van der Waals surface area contributed by atoms with Crippen LogP contribution in [0, 0.1) is 0 Å². The molecule has 1 aliphatic heterocycles. The Morgan fingerprint density at radius 2 is 2.17 bits per heavy atom. The van der Waals surface area contributed by atoms with Gasteiger partial charge in [-0.15, -0.1) is 0 Å². The topological polar surface area (TPSA) is 52.6 Å². The van der Waals surface area contributed by atoms with Crippen molar-refractivity contribution in [3.63, 3.8) is 0 Å². The van der Waals surface area contributed by atoms with Crippen molar-refractivity contribution in [1.82, 2.24) is 10.3 Å². The lowest BCUT2D eigenvalue weighted by Gasteiger charge is -2.35. The first kappa shape index (κ1) is 13.3. The van der Waals surface area contributed by atoms with Gasteiger partial charge in [-0.1, -0.05) is 6.07 Å². The predicted molar refractivity (Wildman–Crippen MR) is 67.4 cm³/mol. The molecule has 1 N–H and O–H groups in total. The number of aromatic nitrogens is 1. The molecule has 2 rings (SSSR count). The zero-order chi connectivity index (χ0) is 13.0. The standard InChI is InChI=1S/C13H20N2O3/c1-13(2)17-8-11(9-18-13)15-7-10-5-4-6-14-12(10)16-3/h4-6,11,15H,7-9H2,1-3H3. The molecule has 5 nitrogen and oxygen atoms in total. The number of nitrogens with zero attached hydrogens (tertiary/aromatic N) is 1. The summed E-state index contributed by atoms with van der Waals surface area (Å²) in [7, 11) is 1.63. The highest BCUT2D eigenvalue weighted by Crippen LogP contribution is 2.18. The minimum atomic E-state index is -0.468. The summed E-state index contributed by atoms with van der Waals surface area (Å²) in [5.74, 6) is 0.187. The van der Waals surface area contributed by atoms with Gasteiger partial charge in [0.1, 0.15) is 0 Å². The summed E-state index contributed by atoms with van der Waals surface area (Å²) in [4.78, 5) is 4.16. The van der Waals surface area contributed by atoms with Gasteiger partial charge in [-0.3, -0.25) is 0 Å². The van der Waals surface area contributed by atoms with E-state index < -0.39 is 5.79 Å². The molecule has 18 heavy (non-hydrogen) atoms. The lowest BCUT2D eigenvalue weighted by atomic mass is 10.2. The maximum Gasteiger partial charge on any atom is 0.217 e. The van der Waals surface area contributed by atoms with E-state index in [4.69, 9.17) is 14.2 Å². The van der Waals surface area contributed by atoms with Crippen molar-refractivity contribution in [3.05, 3.63) is 23.9 Å². The van der Waals surface area contributed by atoms with E-state index in [2.05, 4.69) is 10.3 Å². The van der Waals surface area contributed by atoms with Crippen molar-refractivity contribution in [2.75, 3.05) is 20.3 Å². The summed E-state index contributed by atoms with van der Waals surface area (Å²) in [6, 6.07) is 4.09. The first-order chi connectivity index (χ1) is 8.61. The summed E-state index contributed by atoms with van der Waals surface area (Å²) in [5, 5.41) is 3.38. The van der Waals surface area contributed by atoms with Crippen LogP contribution in [0.2, 0.25) is 0 Å². The molecule has 100 valence electrons. The van der Waals surface area contributed by atoms with Crippen molar-refractivity contribution in [2.24, 2.45) is 0 Å². The van der Waals surface area contributed by atoms with E-state index in [9.17, 15) is 0 Å². The number of rotatable bonds is 4. The molecule has 0 amide bonds.